The van der Waals surface area contributed by atoms with E-state index in [4.69, 9.17) is 9.15 Å². The normalized spacial score (nSPS) is 13.0. The van der Waals surface area contributed by atoms with Gasteiger partial charge in [-0.2, -0.15) is 0 Å². The van der Waals surface area contributed by atoms with E-state index >= 15 is 0 Å². The first-order valence-corrected chi connectivity index (χ1v) is 9.73. The first-order chi connectivity index (χ1) is 13.5. The second-order valence-electron chi connectivity index (χ2n) is 8.40. The molecular weight excluding hydrogens is 344 g/mol. The molecule has 1 aromatic heterocycles. The van der Waals surface area contributed by atoms with Crippen LogP contribution < -0.4 is 4.74 Å². The highest BCUT2D eigenvalue weighted by atomic mass is 16.5. The number of rotatable bonds is 1. The van der Waals surface area contributed by atoms with Gasteiger partial charge < -0.3 is 4.74 Å². The molecule has 2 heteroatoms. The molecule has 0 spiro atoms. The van der Waals surface area contributed by atoms with E-state index in [-0.39, 0.29) is 5.41 Å². The van der Waals surface area contributed by atoms with Crippen molar-refractivity contribution in [1.29, 1.82) is 0 Å². The molecule has 0 bridgehead atoms. The lowest BCUT2D eigenvalue weighted by Gasteiger charge is -2.20. The Balaban J connectivity index is 1.88. The number of benzene rings is 3. The predicted octanol–water partition coefficient (Wildman–Crippen LogP) is 7.24. The first-order valence-electron chi connectivity index (χ1n) is 9.73. The van der Waals surface area contributed by atoms with Crippen molar-refractivity contribution in [3.63, 3.8) is 0 Å². The van der Waals surface area contributed by atoms with Gasteiger partial charge in [0.15, 0.2) is 0 Å². The smallest absolute Gasteiger partial charge is 0.371 e. The third-order valence-electron chi connectivity index (χ3n) is 5.40. The Labute approximate surface area is 165 Å². The summed E-state index contributed by atoms with van der Waals surface area (Å²) >= 11 is 0. The van der Waals surface area contributed by atoms with Crippen LogP contribution in [0.3, 0.4) is 0 Å². The van der Waals surface area contributed by atoms with Gasteiger partial charge in [-0.3, -0.25) is 0 Å². The maximum Gasteiger partial charge on any atom is 0.371 e. The van der Waals surface area contributed by atoms with Crippen LogP contribution >= 0.6 is 0 Å². The minimum absolute atomic E-state index is 0.0956. The highest BCUT2D eigenvalue weighted by Crippen LogP contribution is 2.46. The van der Waals surface area contributed by atoms with Crippen LogP contribution in [0.25, 0.3) is 33.2 Å². The molecule has 1 aliphatic rings. The van der Waals surface area contributed by atoms with E-state index in [1.54, 1.807) is 0 Å². The fourth-order valence-corrected chi connectivity index (χ4v) is 3.89. The molecule has 138 valence electrons. The SMILES string of the molecule is CC(C)(C)c1cc(-c2ccccc2)c2c([o+]1)-c1c(ccc3ccccc13)OC2. The van der Waals surface area contributed by atoms with E-state index in [9.17, 15) is 0 Å². The van der Waals surface area contributed by atoms with Crippen molar-refractivity contribution in [3.8, 4) is 28.2 Å². The Morgan fingerprint density at radius 3 is 2.39 bits per heavy atom. The molecule has 2 heterocycles. The zero-order valence-electron chi connectivity index (χ0n) is 16.5. The molecule has 2 nitrogen and oxygen atoms in total. The number of hydrogen-bond donors (Lipinski definition) is 0. The Morgan fingerprint density at radius 2 is 1.61 bits per heavy atom. The zero-order chi connectivity index (χ0) is 19.3. The molecule has 4 aromatic rings. The summed E-state index contributed by atoms with van der Waals surface area (Å²) < 4.78 is 12.8. The summed E-state index contributed by atoms with van der Waals surface area (Å²) in [6.45, 7) is 7.09. The van der Waals surface area contributed by atoms with Crippen LogP contribution in [-0.2, 0) is 12.0 Å². The third-order valence-corrected chi connectivity index (χ3v) is 5.40. The van der Waals surface area contributed by atoms with Crippen molar-refractivity contribution >= 4 is 10.8 Å². The Morgan fingerprint density at radius 1 is 0.857 bits per heavy atom. The highest BCUT2D eigenvalue weighted by Gasteiger charge is 2.37. The predicted molar refractivity (Wildman–Crippen MR) is 115 cm³/mol. The summed E-state index contributed by atoms with van der Waals surface area (Å²) in [6.07, 6.45) is 0. The molecule has 0 radical (unpaired) electrons. The summed E-state index contributed by atoms with van der Waals surface area (Å²) in [5.41, 5.74) is 4.45. The van der Waals surface area contributed by atoms with Crippen LogP contribution in [0.2, 0.25) is 0 Å². The maximum absolute atomic E-state index is 6.58. The first kappa shape index (κ1) is 17.0. The van der Waals surface area contributed by atoms with Gasteiger partial charge in [-0.25, -0.2) is 4.42 Å². The van der Waals surface area contributed by atoms with Gasteiger partial charge in [0.2, 0.25) is 0 Å². The van der Waals surface area contributed by atoms with Crippen LogP contribution in [0.1, 0.15) is 32.1 Å². The molecule has 28 heavy (non-hydrogen) atoms. The fraction of sp³-hybridized carbons (Fsp3) is 0.192. The molecule has 0 aliphatic carbocycles. The van der Waals surface area contributed by atoms with E-state index in [0.717, 1.165) is 33.8 Å². The van der Waals surface area contributed by atoms with Gasteiger partial charge in [0.05, 0.1) is 5.41 Å². The molecule has 0 unspecified atom stereocenters. The highest BCUT2D eigenvalue weighted by molar-refractivity contribution is 6.00. The molecular formula is C26H23O2+. The van der Waals surface area contributed by atoms with Gasteiger partial charge >= 0.3 is 11.5 Å². The van der Waals surface area contributed by atoms with Gasteiger partial charge in [0, 0.05) is 17.0 Å². The molecule has 0 atom stereocenters. The fourth-order valence-electron chi connectivity index (χ4n) is 3.89. The van der Waals surface area contributed by atoms with E-state index in [1.165, 1.54) is 16.5 Å². The van der Waals surface area contributed by atoms with E-state index < -0.39 is 0 Å². The molecule has 1 aliphatic heterocycles. The summed E-state index contributed by atoms with van der Waals surface area (Å²) in [5, 5.41) is 2.35. The van der Waals surface area contributed by atoms with Crippen LogP contribution in [0.5, 0.6) is 5.75 Å². The van der Waals surface area contributed by atoms with Crippen LogP contribution in [0.15, 0.2) is 77.2 Å². The number of hydrogen-bond acceptors (Lipinski definition) is 1. The van der Waals surface area contributed by atoms with Crippen LogP contribution in [0.4, 0.5) is 0 Å². The largest absolute Gasteiger partial charge is 0.487 e. The molecule has 0 saturated heterocycles. The van der Waals surface area contributed by atoms with Crippen molar-refractivity contribution in [1.82, 2.24) is 0 Å². The minimum Gasteiger partial charge on any atom is -0.487 e. The van der Waals surface area contributed by atoms with Crippen molar-refractivity contribution in [2.75, 3.05) is 0 Å². The van der Waals surface area contributed by atoms with Crippen molar-refractivity contribution in [2.45, 2.75) is 32.8 Å². The molecule has 0 fully saturated rings. The third kappa shape index (κ3) is 2.68. The Hall–Kier alpha value is -3.13. The topological polar surface area (TPSA) is 20.5 Å². The summed E-state index contributed by atoms with van der Waals surface area (Å²) in [5.74, 6) is 2.80. The van der Waals surface area contributed by atoms with Gasteiger partial charge in [0.25, 0.3) is 0 Å². The average Bonchev–Trinajstić information content (AvgIpc) is 2.72. The van der Waals surface area contributed by atoms with Crippen molar-refractivity contribution < 1.29 is 9.15 Å². The molecule has 0 saturated carbocycles. The summed E-state index contributed by atoms with van der Waals surface area (Å²) in [6, 6.07) is 25.3. The minimum atomic E-state index is -0.0956. The maximum atomic E-state index is 6.58. The second kappa shape index (κ2) is 6.20. The van der Waals surface area contributed by atoms with Crippen LogP contribution in [0, 0.1) is 0 Å². The Bertz CT molecular complexity index is 1180. The number of ether oxygens (including phenoxy) is 1. The molecule has 3 aromatic carbocycles. The number of fused-ring (bicyclic) bond motifs is 5. The summed E-state index contributed by atoms with van der Waals surface area (Å²) in [4.78, 5) is 0. The quantitative estimate of drug-likeness (QED) is 0.331. The zero-order valence-corrected chi connectivity index (χ0v) is 16.5. The van der Waals surface area contributed by atoms with E-state index in [1.807, 2.05) is 6.07 Å². The average molecular weight is 367 g/mol. The van der Waals surface area contributed by atoms with Gasteiger partial charge in [-0.1, -0.05) is 60.7 Å². The lowest BCUT2D eigenvalue weighted by Crippen LogP contribution is -2.15. The lowest BCUT2D eigenvalue weighted by molar-refractivity contribution is 0.291. The van der Waals surface area contributed by atoms with E-state index in [0.29, 0.717) is 6.61 Å². The molecule has 0 N–H and O–H groups in total. The second-order valence-corrected chi connectivity index (χ2v) is 8.40. The van der Waals surface area contributed by atoms with Gasteiger partial charge in [-0.15, -0.1) is 0 Å². The molecule has 0 amide bonds. The standard InChI is InChI=1S/C26H23O2/c1-26(2,3)23-15-20(17-9-5-4-6-10-17)21-16-27-22-14-13-18-11-7-8-12-19(18)24(22)25(21)28-23/h4-15H,16H2,1-3H3/q+1. The van der Waals surface area contributed by atoms with E-state index in [2.05, 4.69) is 87.5 Å². The van der Waals surface area contributed by atoms with Crippen molar-refractivity contribution in [3.05, 3.63) is 84.1 Å². The molecule has 5 rings (SSSR count). The monoisotopic (exact) mass is 367 g/mol. The lowest BCUT2D eigenvalue weighted by atomic mass is 9.87. The van der Waals surface area contributed by atoms with Crippen LogP contribution in [-0.4, -0.2) is 0 Å². The Kier molecular flexibility index (Phi) is 3.77. The van der Waals surface area contributed by atoms with Gasteiger partial charge in [-0.05, 0) is 37.8 Å². The summed E-state index contributed by atoms with van der Waals surface area (Å²) in [7, 11) is 0. The van der Waals surface area contributed by atoms with Crippen molar-refractivity contribution in [2.24, 2.45) is 0 Å². The van der Waals surface area contributed by atoms with Gasteiger partial charge in [0.1, 0.15) is 23.5 Å².